The van der Waals surface area contributed by atoms with E-state index in [1.165, 1.54) is 12.1 Å². The van der Waals surface area contributed by atoms with Crippen molar-refractivity contribution >= 4 is 29.8 Å². The summed E-state index contributed by atoms with van der Waals surface area (Å²) in [5, 5.41) is 11.9. The maximum absolute atomic E-state index is 14.4. The van der Waals surface area contributed by atoms with Gasteiger partial charge in [-0.1, -0.05) is 109 Å². The Morgan fingerprint density at radius 1 is 0.438 bits per heavy atom. The van der Waals surface area contributed by atoms with Crippen LogP contribution in [-0.4, -0.2) is 134 Å². The SMILES string of the molecule is CC(=O)OC[C@H]1O[C@@H](O[C@@H]2[C@@H](OCc3ccccc3)[C@H](C)O[C@@H](O[C@@H]3[C@H](OCc4ccccc4)[C@@H](OCc4ccccc4)[C@H](C)O[C@H]3O)[C@@H]2OC(=O)c2ccccc2)[C@H](OC(C)=O)[C@@H](OC(C)=O)[C@@H]1OC(C)=O. The minimum atomic E-state index is -1.78. The Bertz CT molecular complexity index is 2390. The number of esters is 5. The van der Waals surface area contributed by atoms with Gasteiger partial charge in [0.15, 0.2) is 43.3 Å². The first-order valence-electron chi connectivity index (χ1n) is 24.0. The number of carbonyl (C=O) groups excluding carboxylic acids is 5. The number of carbonyl (C=O) groups is 5. The molecule has 0 saturated carbocycles. The topological polar surface area (TPSA) is 226 Å². The molecule has 4 aromatic rings. The van der Waals surface area contributed by atoms with Crippen molar-refractivity contribution in [1.29, 1.82) is 0 Å². The molecule has 0 amide bonds. The monoisotopic (exact) mass is 1010 g/mol. The van der Waals surface area contributed by atoms with Gasteiger partial charge in [0.05, 0.1) is 37.6 Å². The van der Waals surface area contributed by atoms with Gasteiger partial charge in [-0.25, -0.2) is 4.79 Å². The van der Waals surface area contributed by atoms with Crippen LogP contribution in [0.15, 0.2) is 121 Å². The Labute approximate surface area is 423 Å². The first kappa shape index (κ1) is 54.6. The first-order valence-corrected chi connectivity index (χ1v) is 24.0. The van der Waals surface area contributed by atoms with Crippen molar-refractivity contribution in [3.8, 4) is 0 Å². The molecule has 19 heteroatoms. The number of ether oxygens (including phenoxy) is 13. The second-order valence-electron chi connectivity index (χ2n) is 17.7. The second-order valence-corrected chi connectivity index (χ2v) is 17.7. The highest BCUT2D eigenvalue weighted by Crippen LogP contribution is 2.38. The van der Waals surface area contributed by atoms with Crippen molar-refractivity contribution in [2.45, 2.75) is 153 Å². The quantitative estimate of drug-likeness (QED) is 0.0875. The van der Waals surface area contributed by atoms with Gasteiger partial charge in [-0.15, -0.1) is 0 Å². The molecular weight excluding hydrogens is 953 g/mol. The molecule has 4 aromatic carbocycles. The second kappa shape index (κ2) is 26.2. The summed E-state index contributed by atoms with van der Waals surface area (Å²) in [6.07, 6.45) is -20.7. The lowest BCUT2D eigenvalue weighted by molar-refractivity contribution is -0.384. The average molecular weight is 1020 g/mol. The molecule has 7 rings (SSSR count). The molecule has 0 unspecified atom stereocenters. The van der Waals surface area contributed by atoms with Crippen LogP contribution < -0.4 is 0 Å². The molecule has 0 radical (unpaired) electrons. The summed E-state index contributed by atoms with van der Waals surface area (Å²) in [6, 6.07) is 36.0. The molecule has 0 spiro atoms. The standard InChI is InChI=1S/C54H62O19/c1-31-42(62-27-37-19-11-7-12-20-37)45(64-29-39-23-15-9-16-24-39)48(52(60)65-31)73-53-50(71-51(59)40-25-17-10-18-26-40)46(43(32(2)66-53)63-28-38-21-13-8-14-22-38)72-54-49(69-36(6)58)47(68-35(5)57)44(67-34(4)56)41(70-54)30-61-33(3)55/h7-26,31-32,41-50,52-54,60H,27-30H2,1-6H3/t31-,32-,41+,42-,43-,44+,45+,46+,47-,48+,49+,50+,52+,53-,54-/m0/s1. The Balaban J connectivity index is 1.32. The Hall–Kier alpha value is -6.13. The van der Waals surface area contributed by atoms with Crippen LogP contribution in [0, 0.1) is 0 Å². The van der Waals surface area contributed by atoms with E-state index in [1.54, 1.807) is 32.0 Å². The zero-order chi connectivity index (χ0) is 52.0. The third kappa shape index (κ3) is 15.0. The molecule has 0 aliphatic carbocycles. The summed E-state index contributed by atoms with van der Waals surface area (Å²) in [4.78, 5) is 64.9. The van der Waals surface area contributed by atoms with Crippen molar-refractivity contribution < 1.29 is 90.7 Å². The number of hydrogen-bond acceptors (Lipinski definition) is 19. The lowest BCUT2D eigenvalue weighted by Crippen LogP contribution is -2.67. The van der Waals surface area contributed by atoms with Crippen molar-refractivity contribution in [3.05, 3.63) is 144 Å². The summed E-state index contributed by atoms with van der Waals surface area (Å²) in [5.74, 6) is -4.16. The number of aliphatic hydroxyl groups is 1. The molecule has 3 saturated heterocycles. The van der Waals surface area contributed by atoms with E-state index >= 15 is 0 Å². The van der Waals surface area contributed by atoms with Gasteiger partial charge in [-0.3, -0.25) is 19.2 Å². The highest BCUT2D eigenvalue weighted by Gasteiger charge is 2.58. The van der Waals surface area contributed by atoms with Crippen molar-refractivity contribution in [1.82, 2.24) is 0 Å². The van der Waals surface area contributed by atoms with E-state index < -0.39 is 129 Å². The van der Waals surface area contributed by atoms with Crippen molar-refractivity contribution in [2.75, 3.05) is 6.61 Å². The van der Waals surface area contributed by atoms with Gasteiger partial charge in [-0.05, 0) is 42.7 Å². The van der Waals surface area contributed by atoms with Gasteiger partial charge < -0.3 is 66.7 Å². The third-order valence-corrected chi connectivity index (χ3v) is 12.1. The van der Waals surface area contributed by atoms with Crippen molar-refractivity contribution in [2.24, 2.45) is 0 Å². The fourth-order valence-corrected chi connectivity index (χ4v) is 8.82. The molecule has 3 aliphatic heterocycles. The van der Waals surface area contributed by atoms with Crippen LogP contribution in [0.25, 0.3) is 0 Å². The molecule has 3 heterocycles. The van der Waals surface area contributed by atoms with Crippen LogP contribution >= 0.6 is 0 Å². The molecule has 3 aliphatic rings. The predicted molar refractivity (Wildman–Crippen MR) is 253 cm³/mol. The van der Waals surface area contributed by atoms with Crippen LogP contribution in [0.5, 0.6) is 0 Å². The highest BCUT2D eigenvalue weighted by molar-refractivity contribution is 5.89. The van der Waals surface area contributed by atoms with E-state index in [0.717, 1.165) is 44.4 Å². The molecule has 73 heavy (non-hydrogen) atoms. The Morgan fingerprint density at radius 2 is 0.849 bits per heavy atom. The average Bonchev–Trinajstić information content (AvgIpc) is 3.36. The van der Waals surface area contributed by atoms with Gasteiger partial charge in [-0.2, -0.15) is 0 Å². The third-order valence-electron chi connectivity index (χ3n) is 12.1. The van der Waals surface area contributed by atoms with Gasteiger partial charge in [0.25, 0.3) is 0 Å². The van der Waals surface area contributed by atoms with Crippen LogP contribution in [0.4, 0.5) is 0 Å². The lowest BCUT2D eigenvalue weighted by atomic mass is 9.95. The molecule has 19 nitrogen and oxygen atoms in total. The fourth-order valence-electron chi connectivity index (χ4n) is 8.82. The van der Waals surface area contributed by atoms with E-state index in [-0.39, 0.29) is 25.4 Å². The van der Waals surface area contributed by atoms with E-state index in [9.17, 15) is 29.1 Å². The number of aliphatic hydroxyl groups excluding tert-OH is 1. The molecule has 0 aromatic heterocycles. The van der Waals surface area contributed by atoms with Crippen LogP contribution in [0.1, 0.15) is 68.6 Å². The summed E-state index contributed by atoms with van der Waals surface area (Å²) in [5.41, 5.74) is 2.54. The van der Waals surface area contributed by atoms with Crippen molar-refractivity contribution in [3.63, 3.8) is 0 Å². The Kier molecular flexibility index (Phi) is 19.6. The lowest BCUT2D eigenvalue weighted by Gasteiger charge is -2.50. The smallest absolute Gasteiger partial charge is 0.338 e. The largest absolute Gasteiger partial charge is 0.463 e. The maximum atomic E-state index is 14.4. The molecule has 15 atom stereocenters. The molecule has 1 N–H and O–H groups in total. The minimum absolute atomic E-state index is 0.0224. The molecule has 392 valence electrons. The zero-order valence-electron chi connectivity index (χ0n) is 41.3. The molecule has 0 bridgehead atoms. The Morgan fingerprint density at radius 3 is 1.36 bits per heavy atom. The van der Waals surface area contributed by atoms with Crippen LogP contribution in [0.2, 0.25) is 0 Å². The normalized spacial score (nSPS) is 30.0. The summed E-state index contributed by atoms with van der Waals surface area (Å²) < 4.78 is 81.4. The summed E-state index contributed by atoms with van der Waals surface area (Å²) >= 11 is 0. The van der Waals surface area contributed by atoms with E-state index in [0.29, 0.717) is 0 Å². The fraction of sp³-hybridized carbons (Fsp3) is 0.463. The zero-order valence-corrected chi connectivity index (χ0v) is 41.3. The highest BCUT2D eigenvalue weighted by atomic mass is 16.8. The molecular formula is C54H62O19. The number of rotatable bonds is 20. The summed E-state index contributed by atoms with van der Waals surface area (Å²) in [6.45, 7) is 7.48. The first-order chi connectivity index (χ1) is 35.1. The minimum Gasteiger partial charge on any atom is -0.463 e. The van der Waals surface area contributed by atoms with E-state index in [4.69, 9.17) is 61.6 Å². The van der Waals surface area contributed by atoms with Gasteiger partial charge >= 0.3 is 29.8 Å². The van der Waals surface area contributed by atoms with Crippen LogP contribution in [0.3, 0.4) is 0 Å². The van der Waals surface area contributed by atoms with Gasteiger partial charge in [0.1, 0.15) is 43.2 Å². The number of hydrogen-bond donors (Lipinski definition) is 1. The maximum Gasteiger partial charge on any atom is 0.338 e. The van der Waals surface area contributed by atoms with E-state index in [2.05, 4.69) is 0 Å². The van der Waals surface area contributed by atoms with Gasteiger partial charge in [0, 0.05) is 27.7 Å². The number of benzene rings is 4. The molecule has 3 fully saturated rings. The predicted octanol–water partition coefficient (Wildman–Crippen LogP) is 5.30. The summed E-state index contributed by atoms with van der Waals surface area (Å²) in [7, 11) is 0. The van der Waals surface area contributed by atoms with Gasteiger partial charge in [0.2, 0.25) is 0 Å². The van der Waals surface area contributed by atoms with E-state index in [1.807, 2.05) is 91.0 Å². The van der Waals surface area contributed by atoms with Crippen LogP contribution in [-0.2, 0) is 101 Å².